The van der Waals surface area contributed by atoms with E-state index in [0.29, 0.717) is 45.1 Å². The van der Waals surface area contributed by atoms with E-state index in [1.54, 1.807) is 6.92 Å². The van der Waals surface area contributed by atoms with Crippen molar-refractivity contribution in [2.75, 3.05) is 13.2 Å². The third kappa shape index (κ3) is 6.78. The lowest BCUT2D eigenvalue weighted by Crippen LogP contribution is -2.41. The standard InChI is InChI=1S/C18H26N2O10/c1-3-13(30-20(24)25)7-4-5-10-26-17(22)19-9-6-8-14(19)16(21)27-11-15-12(2)28-18(23)29-15/h13-14H,3-11H2,1-2H3. The van der Waals surface area contributed by atoms with Gasteiger partial charge < -0.3 is 23.1 Å². The minimum absolute atomic E-state index is 0.118. The van der Waals surface area contributed by atoms with E-state index < -0.39 is 35.1 Å². The molecule has 1 aliphatic heterocycles. The first-order valence-corrected chi connectivity index (χ1v) is 9.82. The number of unbranched alkanes of at least 4 members (excludes halogenated alkanes) is 1. The summed E-state index contributed by atoms with van der Waals surface area (Å²) in [5.74, 6) is -1.15. The fourth-order valence-electron chi connectivity index (χ4n) is 3.14. The molecule has 0 aromatic carbocycles. The Morgan fingerprint density at radius 3 is 2.70 bits per heavy atom. The summed E-state index contributed by atoms with van der Waals surface area (Å²) in [4.78, 5) is 51.9. The van der Waals surface area contributed by atoms with Crippen LogP contribution in [0.3, 0.4) is 0 Å². The second-order valence-corrected chi connectivity index (χ2v) is 6.86. The average Bonchev–Trinajstić information content (AvgIpc) is 3.30. The van der Waals surface area contributed by atoms with Gasteiger partial charge in [-0.2, -0.15) is 0 Å². The van der Waals surface area contributed by atoms with Gasteiger partial charge in [0.25, 0.3) is 5.09 Å². The number of hydrogen-bond donors (Lipinski definition) is 0. The highest BCUT2D eigenvalue weighted by Gasteiger charge is 2.36. The fraction of sp³-hybridized carbons (Fsp3) is 0.722. The first-order valence-electron chi connectivity index (χ1n) is 9.82. The van der Waals surface area contributed by atoms with Crippen molar-refractivity contribution in [3.8, 4) is 0 Å². The van der Waals surface area contributed by atoms with Crippen molar-refractivity contribution >= 4 is 12.1 Å². The Kier molecular flexibility index (Phi) is 8.69. The Labute approximate surface area is 172 Å². The smallest absolute Gasteiger partial charge is 0.456 e. The lowest BCUT2D eigenvalue weighted by molar-refractivity contribution is -0.768. The van der Waals surface area contributed by atoms with Gasteiger partial charge in [0.1, 0.15) is 12.1 Å². The zero-order valence-corrected chi connectivity index (χ0v) is 17.0. The fourth-order valence-corrected chi connectivity index (χ4v) is 3.14. The summed E-state index contributed by atoms with van der Waals surface area (Å²) in [5.41, 5.74) is 0. The van der Waals surface area contributed by atoms with Gasteiger partial charge in [-0.05, 0) is 45.4 Å². The van der Waals surface area contributed by atoms with Crippen LogP contribution in [0.25, 0.3) is 0 Å². The van der Waals surface area contributed by atoms with Crippen LogP contribution in [0.4, 0.5) is 4.79 Å². The second kappa shape index (κ2) is 11.2. The highest BCUT2D eigenvalue weighted by atomic mass is 17.0. The lowest BCUT2D eigenvalue weighted by Gasteiger charge is -2.22. The normalized spacial score (nSPS) is 16.9. The number of likely N-dealkylation sites (tertiary alicyclic amines) is 1. The summed E-state index contributed by atoms with van der Waals surface area (Å²) in [6.45, 7) is 3.54. The SMILES string of the molecule is CCC(CCCCOC(=O)N1CCCC1C(=O)OCc1oc(=O)oc1C)O[N+](=O)[O-]. The van der Waals surface area contributed by atoms with Gasteiger partial charge in [0.05, 0.1) is 6.61 Å². The van der Waals surface area contributed by atoms with Crippen molar-refractivity contribution in [1.29, 1.82) is 0 Å². The first kappa shape index (κ1) is 23.2. The number of aryl methyl sites for hydroxylation is 1. The second-order valence-electron chi connectivity index (χ2n) is 6.86. The molecule has 1 saturated heterocycles. The Morgan fingerprint density at radius 1 is 1.30 bits per heavy atom. The summed E-state index contributed by atoms with van der Waals surface area (Å²) < 4.78 is 19.8. The first-order chi connectivity index (χ1) is 14.3. The van der Waals surface area contributed by atoms with Gasteiger partial charge >= 0.3 is 17.9 Å². The maximum atomic E-state index is 12.3. The van der Waals surface area contributed by atoms with Gasteiger partial charge in [0.2, 0.25) is 0 Å². The molecule has 12 heteroatoms. The third-order valence-electron chi connectivity index (χ3n) is 4.78. The van der Waals surface area contributed by atoms with Gasteiger partial charge in [-0.3, -0.25) is 4.90 Å². The zero-order valence-electron chi connectivity index (χ0n) is 17.0. The van der Waals surface area contributed by atoms with E-state index in [4.69, 9.17) is 18.3 Å². The van der Waals surface area contributed by atoms with Crippen LogP contribution in [0.15, 0.2) is 13.6 Å². The molecule has 0 spiro atoms. The molecule has 0 radical (unpaired) electrons. The lowest BCUT2D eigenvalue weighted by atomic mass is 10.1. The number of nitrogens with zero attached hydrogens (tertiary/aromatic N) is 2. The van der Waals surface area contributed by atoms with Crippen LogP contribution < -0.4 is 5.82 Å². The van der Waals surface area contributed by atoms with Gasteiger partial charge in [-0.1, -0.05) is 6.92 Å². The summed E-state index contributed by atoms with van der Waals surface area (Å²) >= 11 is 0. The molecule has 1 aromatic heterocycles. The molecule has 0 N–H and O–H groups in total. The minimum atomic E-state index is -0.875. The zero-order chi connectivity index (χ0) is 22.1. The molecule has 168 valence electrons. The number of carbonyl (C=O) groups excluding carboxylic acids is 2. The van der Waals surface area contributed by atoms with Crippen LogP contribution >= 0.6 is 0 Å². The minimum Gasteiger partial charge on any atom is -0.456 e. The quantitative estimate of drug-likeness (QED) is 0.221. The molecule has 12 nitrogen and oxygen atoms in total. The molecule has 1 fully saturated rings. The third-order valence-corrected chi connectivity index (χ3v) is 4.78. The van der Waals surface area contributed by atoms with Crippen LogP contribution in [0.1, 0.15) is 57.0 Å². The van der Waals surface area contributed by atoms with Crippen LogP contribution in [-0.4, -0.2) is 47.3 Å². The predicted molar refractivity (Wildman–Crippen MR) is 98.9 cm³/mol. The molecule has 1 aromatic rings. The molecule has 1 amide bonds. The van der Waals surface area contributed by atoms with E-state index in [2.05, 4.69) is 4.84 Å². The van der Waals surface area contributed by atoms with E-state index in [9.17, 15) is 24.5 Å². The molecule has 0 bridgehead atoms. The van der Waals surface area contributed by atoms with Crippen molar-refractivity contribution in [2.24, 2.45) is 0 Å². The largest absolute Gasteiger partial charge is 0.519 e. The van der Waals surface area contributed by atoms with E-state index in [1.165, 1.54) is 11.8 Å². The van der Waals surface area contributed by atoms with Crippen LogP contribution in [-0.2, 0) is 25.7 Å². The molecule has 2 heterocycles. The number of esters is 1. The molecule has 2 atom stereocenters. The Balaban J connectivity index is 1.72. The van der Waals surface area contributed by atoms with Crippen molar-refractivity contribution in [2.45, 2.75) is 71.1 Å². The van der Waals surface area contributed by atoms with Crippen molar-refractivity contribution in [3.63, 3.8) is 0 Å². The number of hydrogen-bond acceptors (Lipinski definition) is 10. The molecule has 1 aliphatic rings. The highest BCUT2D eigenvalue weighted by Crippen LogP contribution is 2.21. The molecular formula is C18H26N2O10. The van der Waals surface area contributed by atoms with Crippen LogP contribution in [0.2, 0.25) is 0 Å². The van der Waals surface area contributed by atoms with E-state index in [1.807, 2.05) is 0 Å². The molecule has 30 heavy (non-hydrogen) atoms. The van der Waals surface area contributed by atoms with E-state index in [0.717, 1.165) is 0 Å². The highest BCUT2D eigenvalue weighted by molar-refractivity contribution is 5.82. The monoisotopic (exact) mass is 430 g/mol. The molecular weight excluding hydrogens is 404 g/mol. The molecule has 0 aliphatic carbocycles. The average molecular weight is 430 g/mol. The summed E-state index contributed by atoms with van der Waals surface area (Å²) in [6, 6.07) is -0.769. The summed E-state index contributed by atoms with van der Waals surface area (Å²) in [6.07, 6.45) is 2.10. The number of carbonyl (C=O) groups is 2. The Morgan fingerprint density at radius 2 is 2.07 bits per heavy atom. The topological polar surface area (TPSA) is 152 Å². The van der Waals surface area contributed by atoms with Crippen molar-refractivity contribution < 1.29 is 37.8 Å². The predicted octanol–water partition coefficient (Wildman–Crippen LogP) is 2.34. The summed E-state index contributed by atoms with van der Waals surface area (Å²) in [7, 11) is 0. The number of ether oxygens (including phenoxy) is 2. The maximum absolute atomic E-state index is 12.3. The maximum Gasteiger partial charge on any atom is 0.519 e. The van der Waals surface area contributed by atoms with E-state index in [-0.39, 0.29) is 24.7 Å². The van der Waals surface area contributed by atoms with Crippen LogP contribution in [0, 0.1) is 17.0 Å². The Hall–Kier alpha value is -3.05. The number of amides is 1. The molecule has 2 unspecified atom stereocenters. The van der Waals surface area contributed by atoms with Crippen molar-refractivity contribution in [1.82, 2.24) is 4.90 Å². The molecule has 0 saturated carbocycles. The van der Waals surface area contributed by atoms with Gasteiger partial charge in [-0.25, -0.2) is 14.4 Å². The van der Waals surface area contributed by atoms with Gasteiger partial charge in [-0.15, -0.1) is 10.1 Å². The summed E-state index contributed by atoms with van der Waals surface area (Å²) in [5, 5.41) is 9.57. The van der Waals surface area contributed by atoms with Crippen LogP contribution in [0.5, 0.6) is 0 Å². The van der Waals surface area contributed by atoms with E-state index >= 15 is 0 Å². The number of rotatable bonds is 11. The van der Waals surface area contributed by atoms with Gasteiger partial charge in [0, 0.05) is 6.54 Å². The van der Waals surface area contributed by atoms with Gasteiger partial charge in [0.15, 0.2) is 18.1 Å². The Bertz CT molecular complexity index is 786. The van der Waals surface area contributed by atoms with Crippen molar-refractivity contribution in [3.05, 3.63) is 32.3 Å². The molecule has 2 rings (SSSR count).